The van der Waals surface area contributed by atoms with E-state index < -0.39 is 16.9 Å². The average molecular weight is 314 g/mol. The van der Waals surface area contributed by atoms with E-state index in [1.165, 1.54) is 19.2 Å². The van der Waals surface area contributed by atoms with Crippen LogP contribution in [0.5, 0.6) is 23.0 Å². The van der Waals surface area contributed by atoms with Gasteiger partial charge in [0, 0.05) is 17.7 Å². The van der Waals surface area contributed by atoms with Crippen LogP contribution in [0.25, 0.3) is 22.3 Å². The summed E-state index contributed by atoms with van der Waals surface area (Å²) in [6.07, 6.45) is 0. The van der Waals surface area contributed by atoms with E-state index >= 15 is 0 Å². The summed E-state index contributed by atoms with van der Waals surface area (Å²) in [6, 6.07) is 9.61. The van der Waals surface area contributed by atoms with Gasteiger partial charge >= 0.3 is 0 Å². The molecule has 3 rings (SSSR count). The van der Waals surface area contributed by atoms with Gasteiger partial charge in [0.2, 0.25) is 5.75 Å². The maximum absolute atomic E-state index is 12.3. The number of phenolic OH excluding ortho intramolecular Hbond substituents is 2. The van der Waals surface area contributed by atoms with Gasteiger partial charge in [-0.15, -0.1) is 0 Å². The zero-order valence-electron chi connectivity index (χ0n) is 12.5. The van der Waals surface area contributed by atoms with Crippen molar-refractivity contribution in [3.8, 4) is 34.3 Å². The summed E-state index contributed by atoms with van der Waals surface area (Å²) in [7, 11) is 2.90. The number of phenols is 2. The molecule has 1 aromatic heterocycles. The van der Waals surface area contributed by atoms with Gasteiger partial charge < -0.3 is 24.1 Å². The average Bonchev–Trinajstić information content (AvgIpc) is 2.57. The highest BCUT2D eigenvalue weighted by Crippen LogP contribution is 2.41. The molecule has 6 nitrogen and oxygen atoms in total. The van der Waals surface area contributed by atoms with Crippen molar-refractivity contribution < 1.29 is 24.1 Å². The van der Waals surface area contributed by atoms with Crippen LogP contribution in [0.3, 0.4) is 0 Å². The number of ether oxygens (including phenoxy) is 2. The smallest absolute Gasteiger partial charge is 0.201 e. The van der Waals surface area contributed by atoms with E-state index in [0.29, 0.717) is 17.1 Å². The van der Waals surface area contributed by atoms with Gasteiger partial charge in [-0.1, -0.05) is 0 Å². The summed E-state index contributed by atoms with van der Waals surface area (Å²) < 4.78 is 15.7. The minimum Gasteiger partial charge on any atom is -0.504 e. The predicted molar refractivity (Wildman–Crippen MR) is 84.4 cm³/mol. The molecule has 0 aliphatic heterocycles. The van der Waals surface area contributed by atoms with E-state index in [-0.39, 0.29) is 16.7 Å². The number of aromatic hydroxyl groups is 2. The molecule has 2 N–H and O–H groups in total. The summed E-state index contributed by atoms with van der Waals surface area (Å²) in [5, 5.41) is 19.7. The highest BCUT2D eigenvalue weighted by atomic mass is 16.5. The molecule has 2 aromatic carbocycles. The first kappa shape index (κ1) is 14.8. The molecule has 3 aromatic rings. The fraction of sp³-hybridized carbons (Fsp3) is 0.118. The van der Waals surface area contributed by atoms with Crippen LogP contribution in [0.4, 0.5) is 0 Å². The summed E-state index contributed by atoms with van der Waals surface area (Å²) in [4.78, 5) is 12.3. The van der Waals surface area contributed by atoms with Crippen LogP contribution in [-0.2, 0) is 0 Å². The molecule has 0 spiro atoms. The van der Waals surface area contributed by atoms with Gasteiger partial charge in [0.05, 0.1) is 14.2 Å². The summed E-state index contributed by atoms with van der Waals surface area (Å²) in [5.74, 6) is -0.0256. The zero-order chi connectivity index (χ0) is 16.6. The Morgan fingerprint density at radius 2 is 1.65 bits per heavy atom. The van der Waals surface area contributed by atoms with Gasteiger partial charge in [-0.2, -0.15) is 0 Å². The first-order chi connectivity index (χ1) is 11.0. The summed E-state index contributed by atoms with van der Waals surface area (Å²) >= 11 is 0. The van der Waals surface area contributed by atoms with Gasteiger partial charge in [-0.25, -0.2) is 0 Å². The van der Waals surface area contributed by atoms with Crippen LogP contribution in [0.1, 0.15) is 0 Å². The molecule has 0 bridgehead atoms. The van der Waals surface area contributed by atoms with E-state index in [9.17, 15) is 15.0 Å². The number of rotatable bonds is 3. The van der Waals surface area contributed by atoms with Crippen LogP contribution in [0.2, 0.25) is 0 Å². The molecular weight excluding hydrogens is 300 g/mol. The van der Waals surface area contributed by atoms with E-state index in [0.717, 1.165) is 0 Å². The van der Waals surface area contributed by atoms with Crippen LogP contribution in [-0.4, -0.2) is 24.4 Å². The third kappa shape index (κ3) is 2.44. The van der Waals surface area contributed by atoms with Gasteiger partial charge in [-0.05, 0) is 24.3 Å². The Kier molecular flexibility index (Phi) is 3.57. The maximum atomic E-state index is 12.3. The van der Waals surface area contributed by atoms with Crippen LogP contribution in [0.15, 0.2) is 45.6 Å². The third-order valence-electron chi connectivity index (χ3n) is 3.53. The predicted octanol–water partition coefficient (Wildman–Crippen LogP) is 2.89. The van der Waals surface area contributed by atoms with Crippen LogP contribution >= 0.6 is 0 Å². The van der Waals surface area contributed by atoms with E-state index in [1.807, 2.05) is 0 Å². The molecule has 0 aliphatic carbocycles. The minimum atomic E-state index is -0.561. The molecule has 118 valence electrons. The van der Waals surface area contributed by atoms with Crippen molar-refractivity contribution in [1.82, 2.24) is 0 Å². The fourth-order valence-electron chi connectivity index (χ4n) is 2.32. The second-order valence-corrected chi connectivity index (χ2v) is 4.85. The lowest BCUT2D eigenvalue weighted by molar-refractivity contribution is 0.352. The number of fused-ring (bicyclic) bond motifs is 1. The van der Waals surface area contributed by atoms with Crippen molar-refractivity contribution in [3.63, 3.8) is 0 Å². The Labute approximate surface area is 131 Å². The van der Waals surface area contributed by atoms with Gasteiger partial charge in [-0.3, -0.25) is 4.79 Å². The normalized spacial score (nSPS) is 10.7. The fourth-order valence-corrected chi connectivity index (χ4v) is 2.32. The number of hydrogen-bond donors (Lipinski definition) is 2. The number of methoxy groups -OCH3 is 2. The minimum absolute atomic E-state index is 0.0185. The van der Waals surface area contributed by atoms with Gasteiger partial charge in [0.1, 0.15) is 22.5 Å². The van der Waals surface area contributed by atoms with Crippen molar-refractivity contribution in [2.45, 2.75) is 0 Å². The maximum Gasteiger partial charge on any atom is 0.201 e. The molecule has 0 saturated carbocycles. The highest BCUT2D eigenvalue weighted by Gasteiger charge is 2.18. The Bertz CT molecular complexity index is 924. The Morgan fingerprint density at radius 1 is 0.957 bits per heavy atom. The monoisotopic (exact) mass is 314 g/mol. The number of benzene rings is 2. The quantitative estimate of drug-likeness (QED) is 0.723. The third-order valence-corrected chi connectivity index (χ3v) is 3.53. The second-order valence-electron chi connectivity index (χ2n) is 4.85. The van der Waals surface area contributed by atoms with Crippen LogP contribution < -0.4 is 14.9 Å². The molecule has 0 radical (unpaired) electrons. The Balaban J connectivity index is 2.24. The Morgan fingerprint density at radius 3 is 2.26 bits per heavy atom. The number of hydrogen-bond acceptors (Lipinski definition) is 6. The summed E-state index contributed by atoms with van der Waals surface area (Å²) in [6.45, 7) is 0. The molecular formula is C17H14O6. The standard InChI is InChI=1S/C17H14O6/c1-21-10-5-3-9(4-6-10)12-7-11(18)15-13(23-12)8-14(22-2)16(19)17(15)20/h3-8,19-20H,1-2H3. The molecule has 0 saturated heterocycles. The lowest BCUT2D eigenvalue weighted by Crippen LogP contribution is -2.01. The topological polar surface area (TPSA) is 89.1 Å². The van der Waals surface area contributed by atoms with E-state index in [2.05, 4.69) is 0 Å². The molecule has 0 atom stereocenters. The molecule has 1 heterocycles. The van der Waals surface area contributed by atoms with Crippen LogP contribution in [0, 0.1) is 0 Å². The first-order valence-electron chi connectivity index (χ1n) is 6.76. The SMILES string of the molecule is COc1ccc(-c2cc(=O)c3c(O)c(O)c(OC)cc3o2)cc1. The molecule has 0 amide bonds. The largest absolute Gasteiger partial charge is 0.504 e. The first-order valence-corrected chi connectivity index (χ1v) is 6.76. The zero-order valence-corrected chi connectivity index (χ0v) is 12.5. The Hall–Kier alpha value is -3.15. The van der Waals surface area contributed by atoms with Gasteiger partial charge in [0.15, 0.2) is 16.9 Å². The van der Waals surface area contributed by atoms with Crippen molar-refractivity contribution in [3.05, 3.63) is 46.6 Å². The van der Waals surface area contributed by atoms with Crippen molar-refractivity contribution in [2.75, 3.05) is 14.2 Å². The lowest BCUT2D eigenvalue weighted by atomic mass is 10.1. The molecule has 0 fully saturated rings. The van der Waals surface area contributed by atoms with E-state index in [4.69, 9.17) is 13.9 Å². The van der Waals surface area contributed by atoms with Gasteiger partial charge in [0.25, 0.3) is 0 Å². The molecule has 23 heavy (non-hydrogen) atoms. The van der Waals surface area contributed by atoms with E-state index in [1.54, 1.807) is 31.4 Å². The van der Waals surface area contributed by atoms with Crippen molar-refractivity contribution in [2.24, 2.45) is 0 Å². The highest BCUT2D eigenvalue weighted by molar-refractivity contribution is 5.89. The second kappa shape index (κ2) is 5.57. The van der Waals surface area contributed by atoms with Crippen molar-refractivity contribution >= 4 is 11.0 Å². The van der Waals surface area contributed by atoms with Crippen molar-refractivity contribution in [1.29, 1.82) is 0 Å². The molecule has 0 unspecified atom stereocenters. The lowest BCUT2D eigenvalue weighted by Gasteiger charge is -2.09. The summed E-state index contributed by atoms with van der Waals surface area (Å²) in [5.41, 5.74) is 0.333. The molecule has 6 heteroatoms. The molecule has 0 aliphatic rings.